The Morgan fingerprint density at radius 3 is 2.86 bits per heavy atom. The first-order chi connectivity index (χ1) is 13.6. The lowest BCUT2D eigenvalue weighted by Crippen LogP contribution is -2.30. The second-order valence-electron chi connectivity index (χ2n) is 6.18. The van der Waals surface area contributed by atoms with Gasteiger partial charge in [0.25, 0.3) is 5.56 Å². The van der Waals surface area contributed by atoms with Crippen LogP contribution in [-0.4, -0.2) is 44.7 Å². The van der Waals surface area contributed by atoms with E-state index in [1.807, 2.05) is 24.3 Å². The van der Waals surface area contributed by atoms with E-state index in [4.69, 9.17) is 5.26 Å². The van der Waals surface area contributed by atoms with E-state index in [0.717, 1.165) is 5.56 Å². The summed E-state index contributed by atoms with van der Waals surface area (Å²) < 4.78 is 1.58. The number of thioether (sulfide) groups is 1. The second kappa shape index (κ2) is 9.15. The maximum Gasteiger partial charge on any atom is 0.262 e. The second-order valence-corrected chi connectivity index (χ2v) is 7.12. The number of hydrogen-bond acceptors (Lipinski definition) is 6. The molecule has 28 heavy (non-hydrogen) atoms. The molecule has 0 saturated carbocycles. The Morgan fingerprint density at radius 2 is 2.11 bits per heavy atom. The number of fused-ring (bicyclic) bond motifs is 1. The van der Waals surface area contributed by atoms with Gasteiger partial charge in [-0.05, 0) is 23.8 Å². The minimum absolute atomic E-state index is 0.115. The molecule has 0 radical (unpaired) electrons. The molecule has 0 bridgehead atoms. The number of amides is 1. The Morgan fingerprint density at radius 1 is 1.29 bits per heavy atom. The maximum atomic E-state index is 13.0. The number of nitriles is 1. The first kappa shape index (κ1) is 19.6. The monoisotopic (exact) mass is 393 g/mol. The van der Waals surface area contributed by atoms with Gasteiger partial charge in [0.2, 0.25) is 5.91 Å². The largest absolute Gasteiger partial charge is 0.344 e. The molecule has 0 atom stereocenters. The van der Waals surface area contributed by atoms with Crippen LogP contribution in [0.5, 0.6) is 0 Å². The average Bonchev–Trinajstić information content (AvgIpc) is 2.73. The highest BCUT2D eigenvalue weighted by Crippen LogP contribution is 2.19. The molecule has 0 unspecified atom stereocenters. The lowest BCUT2D eigenvalue weighted by molar-refractivity contribution is -0.127. The molecule has 0 aliphatic carbocycles. The van der Waals surface area contributed by atoms with Gasteiger partial charge in [-0.1, -0.05) is 30.0 Å². The summed E-state index contributed by atoms with van der Waals surface area (Å²) in [6.07, 6.45) is 3.67. The van der Waals surface area contributed by atoms with Crippen LogP contribution in [-0.2, 0) is 11.3 Å². The minimum Gasteiger partial charge on any atom is -0.344 e. The molecule has 3 aromatic rings. The van der Waals surface area contributed by atoms with Crippen LogP contribution >= 0.6 is 11.8 Å². The molecule has 0 N–H and O–H groups in total. The molecule has 8 heteroatoms. The number of nitrogens with zero attached hydrogens (tertiary/aromatic N) is 5. The van der Waals surface area contributed by atoms with E-state index < -0.39 is 0 Å². The fourth-order valence-electron chi connectivity index (χ4n) is 2.65. The SMILES string of the molecule is CN(CCC#N)C(=O)CSc1nc2ccccc2c(=O)n1Cc1cccnc1. The van der Waals surface area contributed by atoms with Gasteiger partial charge in [0.05, 0.1) is 35.7 Å². The molecule has 0 fully saturated rings. The van der Waals surface area contributed by atoms with Crippen LogP contribution in [0.3, 0.4) is 0 Å². The summed E-state index contributed by atoms with van der Waals surface area (Å²) in [4.78, 5) is 35.6. The van der Waals surface area contributed by atoms with Crippen molar-refractivity contribution in [3.05, 3.63) is 64.7 Å². The van der Waals surface area contributed by atoms with E-state index in [0.29, 0.717) is 29.1 Å². The molecule has 1 aromatic carbocycles. The van der Waals surface area contributed by atoms with Crippen molar-refractivity contribution < 1.29 is 4.79 Å². The van der Waals surface area contributed by atoms with Crippen molar-refractivity contribution in [3.8, 4) is 6.07 Å². The van der Waals surface area contributed by atoms with Gasteiger partial charge in [-0.25, -0.2) is 4.98 Å². The quantitative estimate of drug-likeness (QED) is 0.452. The smallest absolute Gasteiger partial charge is 0.262 e. The summed E-state index contributed by atoms with van der Waals surface area (Å²) in [5.41, 5.74) is 1.32. The van der Waals surface area contributed by atoms with Gasteiger partial charge in [0, 0.05) is 26.0 Å². The van der Waals surface area contributed by atoms with Crippen LogP contribution in [0.15, 0.2) is 58.7 Å². The van der Waals surface area contributed by atoms with Crippen LogP contribution < -0.4 is 5.56 Å². The molecule has 0 spiro atoms. The van der Waals surface area contributed by atoms with E-state index in [1.165, 1.54) is 16.7 Å². The fraction of sp³-hybridized carbons (Fsp3) is 0.250. The first-order valence-electron chi connectivity index (χ1n) is 8.72. The molecule has 1 amide bonds. The van der Waals surface area contributed by atoms with Gasteiger partial charge < -0.3 is 4.90 Å². The number of aromatic nitrogens is 3. The van der Waals surface area contributed by atoms with Crippen LogP contribution in [0.1, 0.15) is 12.0 Å². The van der Waals surface area contributed by atoms with Crippen molar-refractivity contribution in [1.82, 2.24) is 19.4 Å². The zero-order valence-corrected chi connectivity index (χ0v) is 16.2. The summed E-state index contributed by atoms with van der Waals surface area (Å²) in [7, 11) is 1.66. The predicted molar refractivity (Wildman–Crippen MR) is 108 cm³/mol. The molecular formula is C20H19N5O2S. The number of hydrogen-bond donors (Lipinski definition) is 0. The minimum atomic E-state index is -0.151. The van der Waals surface area contributed by atoms with Crippen molar-refractivity contribution >= 4 is 28.6 Å². The normalized spacial score (nSPS) is 10.6. The van der Waals surface area contributed by atoms with E-state index in [-0.39, 0.29) is 23.6 Å². The Kier molecular flexibility index (Phi) is 6.40. The zero-order valence-electron chi connectivity index (χ0n) is 15.4. The lowest BCUT2D eigenvalue weighted by atomic mass is 10.2. The topological polar surface area (TPSA) is 91.9 Å². The fourth-order valence-corrected chi connectivity index (χ4v) is 3.59. The van der Waals surface area contributed by atoms with Crippen LogP contribution in [0, 0.1) is 11.3 Å². The summed E-state index contributed by atoms with van der Waals surface area (Å²) in [6, 6.07) is 12.9. The van der Waals surface area contributed by atoms with Crippen molar-refractivity contribution in [2.75, 3.05) is 19.3 Å². The Balaban J connectivity index is 1.91. The third-order valence-electron chi connectivity index (χ3n) is 4.20. The highest BCUT2D eigenvalue weighted by atomic mass is 32.2. The lowest BCUT2D eigenvalue weighted by Gasteiger charge is -2.16. The third-order valence-corrected chi connectivity index (χ3v) is 5.16. The number of pyridine rings is 1. The van der Waals surface area contributed by atoms with Crippen LogP contribution in [0.4, 0.5) is 0 Å². The molecule has 0 aliphatic heterocycles. The van der Waals surface area contributed by atoms with Gasteiger partial charge >= 0.3 is 0 Å². The standard InChI is InChI=1S/C20H19N5O2S/c1-24(11-5-9-21)18(26)14-28-20-23-17-8-3-2-7-16(17)19(27)25(20)13-15-6-4-10-22-12-15/h2-4,6-8,10,12H,5,11,13-14H2,1H3. The zero-order chi connectivity index (χ0) is 19.9. The number of carbonyl (C=O) groups is 1. The van der Waals surface area contributed by atoms with Gasteiger partial charge in [0.1, 0.15) is 0 Å². The van der Waals surface area contributed by atoms with E-state index >= 15 is 0 Å². The number of rotatable bonds is 7. The maximum absolute atomic E-state index is 13.0. The number of benzene rings is 1. The third kappa shape index (κ3) is 4.56. The molecule has 2 aromatic heterocycles. The number of carbonyl (C=O) groups excluding carboxylic acids is 1. The molecule has 7 nitrogen and oxygen atoms in total. The van der Waals surface area contributed by atoms with Crippen molar-refractivity contribution in [1.29, 1.82) is 5.26 Å². The summed E-state index contributed by atoms with van der Waals surface area (Å²) in [5.74, 6) is 0.0234. The van der Waals surface area contributed by atoms with Crippen molar-refractivity contribution in [2.45, 2.75) is 18.1 Å². The first-order valence-corrected chi connectivity index (χ1v) is 9.71. The average molecular weight is 393 g/mol. The van der Waals surface area contributed by atoms with Crippen LogP contribution in [0.25, 0.3) is 10.9 Å². The van der Waals surface area contributed by atoms with Gasteiger partial charge in [0.15, 0.2) is 5.16 Å². The molecule has 0 aliphatic rings. The summed E-state index contributed by atoms with van der Waals surface area (Å²) in [6.45, 7) is 0.703. The van der Waals surface area contributed by atoms with E-state index in [9.17, 15) is 9.59 Å². The Labute approximate surface area is 166 Å². The van der Waals surface area contributed by atoms with Crippen molar-refractivity contribution in [3.63, 3.8) is 0 Å². The van der Waals surface area contributed by atoms with Crippen LogP contribution in [0.2, 0.25) is 0 Å². The van der Waals surface area contributed by atoms with Gasteiger partial charge in [-0.2, -0.15) is 5.26 Å². The molecular weight excluding hydrogens is 374 g/mol. The van der Waals surface area contributed by atoms with E-state index in [2.05, 4.69) is 9.97 Å². The summed E-state index contributed by atoms with van der Waals surface area (Å²) >= 11 is 1.22. The Bertz CT molecular complexity index is 1080. The Hall–Kier alpha value is -3.18. The highest BCUT2D eigenvalue weighted by Gasteiger charge is 2.15. The predicted octanol–water partition coefficient (Wildman–Crippen LogP) is 2.30. The van der Waals surface area contributed by atoms with Gasteiger partial charge in [-0.3, -0.25) is 19.1 Å². The summed E-state index contributed by atoms with van der Waals surface area (Å²) in [5, 5.41) is 9.68. The number of para-hydroxylation sites is 1. The molecule has 142 valence electrons. The molecule has 3 rings (SSSR count). The highest BCUT2D eigenvalue weighted by molar-refractivity contribution is 7.99. The van der Waals surface area contributed by atoms with Crippen molar-refractivity contribution in [2.24, 2.45) is 0 Å². The van der Waals surface area contributed by atoms with E-state index in [1.54, 1.807) is 42.2 Å². The molecule has 2 heterocycles. The molecule has 0 saturated heterocycles. The van der Waals surface area contributed by atoms with Gasteiger partial charge in [-0.15, -0.1) is 0 Å².